The highest BCUT2D eigenvalue weighted by molar-refractivity contribution is 5.87. The number of rotatable bonds is 2. The first-order valence-electron chi connectivity index (χ1n) is 5.23. The van der Waals surface area contributed by atoms with Crippen molar-refractivity contribution >= 4 is 10.9 Å². The number of aromatic nitrogens is 1. The highest BCUT2D eigenvalue weighted by atomic mass is 19.4. The predicted molar refractivity (Wildman–Crippen MR) is 58.8 cm³/mol. The van der Waals surface area contributed by atoms with Gasteiger partial charge in [0, 0.05) is 17.5 Å². The summed E-state index contributed by atoms with van der Waals surface area (Å²) in [5.41, 5.74) is 0.634. The molecule has 0 aliphatic heterocycles. The molecule has 0 saturated carbocycles. The number of para-hydroxylation sites is 1. The maximum absolute atomic E-state index is 12.8. The van der Waals surface area contributed by atoms with Crippen molar-refractivity contribution in [3.8, 4) is 0 Å². The fourth-order valence-electron chi connectivity index (χ4n) is 2.03. The third kappa shape index (κ3) is 2.02. The Morgan fingerprint density at radius 3 is 2.59 bits per heavy atom. The van der Waals surface area contributed by atoms with Crippen molar-refractivity contribution < 1.29 is 18.3 Å². The molecule has 92 valence electrons. The smallest absolute Gasteiger partial charge is 0.396 e. The molecule has 0 radical (unpaired) electrons. The van der Waals surface area contributed by atoms with Crippen LogP contribution in [-0.4, -0.2) is 16.7 Å². The van der Waals surface area contributed by atoms with Gasteiger partial charge in [0.1, 0.15) is 5.69 Å². The van der Waals surface area contributed by atoms with Gasteiger partial charge >= 0.3 is 6.18 Å². The number of alkyl halides is 3. The third-order valence-electron chi connectivity index (χ3n) is 2.79. The summed E-state index contributed by atoms with van der Waals surface area (Å²) in [4.78, 5) is 2.42. The van der Waals surface area contributed by atoms with E-state index in [0.29, 0.717) is 10.9 Å². The van der Waals surface area contributed by atoms with Crippen LogP contribution in [0.3, 0.4) is 0 Å². The number of aliphatic hydroxyl groups is 1. The number of halogens is 3. The summed E-state index contributed by atoms with van der Waals surface area (Å²) >= 11 is 0. The Kier molecular flexibility index (Phi) is 2.87. The number of hydrogen-bond donors (Lipinski definition) is 2. The highest BCUT2D eigenvalue weighted by Gasteiger charge is 2.36. The zero-order valence-corrected chi connectivity index (χ0v) is 9.23. The van der Waals surface area contributed by atoms with Gasteiger partial charge in [0.05, 0.1) is 0 Å². The summed E-state index contributed by atoms with van der Waals surface area (Å²) in [6.07, 6.45) is -4.42. The van der Waals surface area contributed by atoms with E-state index in [-0.39, 0.29) is 18.6 Å². The number of fused-ring (bicyclic) bond motifs is 1. The van der Waals surface area contributed by atoms with Crippen molar-refractivity contribution in [3.05, 3.63) is 35.0 Å². The van der Waals surface area contributed by atoms with Gasteiger partial charge in [-0.3, -0.25) is 0 Å². The molecule has 0 spiro atoms. The Hall–Kier alpha value is -1.49. The van der Waals surface area contributed by atoms with Crippen molar-refractivity contribution in [1.82, 2.24) is 4.98 Å². The van der Waals surface area contributed by atoms with Crippen LogP contribution in [0.1, 0.15) is 16.8 Å². The number of aromatic amines is 1. The average molecular weight is 243 g/mol. The second-order valence-corrected chi connectivity index (χ2v) is 3.95. The van der Waals surface area contributed by atoms with Gasteiger partial charge in [0.15, 0.2) is 0 Å². The Labute approximate surface area is 96.1 Å². The molecule has 2 rings (SSSR count). The molecular formula is C12H12F3NO. The van der Waals surface area contributed by atoms with Crippen LogP contribution in [0.5, 0.6) is 0 Å². The van der Waals surface area contributed by atoms with Gasteiger partial charge in [0.2, 0.25) is 0 Å². The molecule has 0 unspecified atom stereocenters. The Balaban J connectivity index is 2.75. The first-order valence-corrected chi connectivity index (χ1v) is 5.23. The summed E-state index contributed by atoms with van der Waals surface area (Å²) in [7, 11) is 0. The molecule has 17 heavy (non-hydrogen) atoms. The van der Waals surface area contributed by atoms with Gasteiger partial charge in [-0.05, 0) is 24.5 Å². The van der Waals surface area contributed by atoms with Crippen molar-refractivity contribution in [2.45, 2.75) is 19.5 Å². The standard InChI is InChI=1S/C12H12F3NO/c1-7-3-2-4-8-9(5-6-17)11(12(13,14)15)16-10(7)8/h2-4,16-17H,5-6H2,1H3. The van der Waals surface area contributed by atoms with Gasteiger partial charge in [0.25, 0.3) is 0 Å². The van der Waals surface area contributed by atoms with Gasteiger partial charge < -0.3 is 10.1 Å². The molecule has 0 fully saturated rings. The van der Waals surface area contributed by atoms with Crippen molar-refractivity contribution in [3.63, 3.8) is 0 Å². The minimum Gasteiger partial charge on any atom is -0.396 e. The SMILES string of the molecule is Cc1cccc2c(CCO)c(C(F)(F)F)[nH]c12. The summed E-state index contributed by atoms with van der Waals surface area (Å²) in [6, 6.07) is 5.10. The van der Waals surface area contributed by atoms with Crippen molar-refractivity contribution in [2.24, 2.45) is 0 Å². The molecule has 1 aromatic carbocycles. The van der Waals surface area contributed by atoms with Crippen molar-refractivity contribution in [2.75, 3.05) is 6.61 Å². The van der Waals surface area contributed by atoms with Crippen LogP contribution in [0.15, 0.2) is 18.2 Å². The quantitative estimate of drug-likeness (QED) is 0.835. The number of benzene rings is 1. The predicted octanol–water partition coefficient (Wildman–Crippen LogP) is 3.03. The Morgan fingerprint density at radius 2 is 2.00 bits per heavy atom. The summed E-state index contributed by atoms with van der Waals surface area (Å²) < 4.78 is 38.5. The minimum absolute atomic E-state index is 0.00169. The van der Waals surface area contributed by atoms with Gasteiger partial charge in [-0.15, -0.1) is 0 Å². The average Bonchev–Trinajstić information content (AvgIpc) is 2.59. The maximum atomic E-state index is 12.8. The van der Waals surface area contributed by atoms with Crippen LogP contribution >= 0.6 is 0 Å². The zero-order chi connectivity index (χ0) is 12.6. The molecular weight excluding hydrogens is 231 g/mol. The lowest BCUT2D eigenvalue weighted by Crippen LogP contribution is -2.09. The normalized spacial score (nSPS) is 12.3. The molecule has 0 amide bonds. The Bertz CT molecular complexity index is 542. The van der Waals surface area contributed by atoms with Gasteiger partial charge in [-0.1, -0.05) is 18.2 Å². The molecule has 2 aromatic rings. The van der Waals surface area contributed by atoms with Gasteiger partial charge in [-0.25, -0.2) is 0 Å². The molecule has 5 heteroatoms. The Morgan fingerprint density at radius 1 is 1.29 bits per heavy atom. The first-order chi connectivity index (χ1) is 7.95. The molecule has 0 atom stereocenters. The largest absolute Gasteiger partial charge is 0.431 e. The summed E-state index contributed by atoms with van der Waals surface area (Å²) in [5.74, 6) is 0. The number of aliphatic hydroxyl groups excluding tert-OH is 1. The fraction of sp³-hybridized carbons (Fsp3) is 0.333. The zero-order valence-electron chi connectivity index (χ0n) is 9.23. The molecule has 0 aliphatic carbocycles. The number of hydrogen-bond acceptors (Lipinski definition) is 1. The van der Waals surface area contributed by atoms with Crippen LogP contribution in [0, 0.1) is 6.92 Å². The number of nitrogens with one attached hydrogen (secondary N) is 1. The topological polar surface area (TPSA) is 36.0 Å². The van der Waals surface area contributed by atoms with Crippen LogP contribution in [0.25, 0.3) is 10.9 Å². The van der Waals surface area contributed by atoms with Crippen LogP contribution in [0.4, 0.5) is 13.2 Å². The van der Waals surface area contributed by atoms with Crippen molar-refractivity contribution in [1.29, 1.82) is 0 Å². The highest BCUT2D eigenvalue weighted by Crippen LogP contribution is 2.36. The van der Waals surface area contributed by atoms with E-state index >= 15 is 0 Å². The summed E-state index contributed by atoms with van der Waals surface area (Å²) in [5, 5.41) is 9.41. The fourth-order valence-corrected chi connectivity index (χ4v) is 2.03. The van der Waals surface area contributed by atoms with Crippen LogP contribution in [0.2, 0.25) is 0 Å². The third-order valence-corrected chi connectivity index (χ3v) is 2.79. The van der Waals surface area contributed by atoms with E-state index in [1.165, 1.54) is 0 Å². The minimum atomic E-state index is -4.42. The summed E-state index contributed by atoms with van der Waals surface area (Å²) in [6.45, 7) is 1.45. The lowest BCUT2D eigenvalue weighted by Gasteiger charge is -2.06. The van der Waals surface area contributed by atoms with Gasteiger partial charge in [-0.2, -0.15) is 13.2 Å². The maximum Gasteiger partial charge on any atom is 0.431 e. The van der Waals surface area contributed by atoms with E-state index in [0.717, 1.165) is 5.56 Å². The number of H-pyrrole nitrogens is 1. The van der Waals surface area contributed by atoms with E-state index < -0.39 is 11.9 Å². The van der Waals surface area contributed by atoms with Crippen LogP contribution < -0.4 is 0 Å². The van der Waals surface area contributed by atoms with E-state index in [2.05, 4.69) is 4.98 Å². The molecule has 0 bridgehead atoms. The number of aryl methyl sites for hydroxylation is 1. The molecule has 2 nitrogen and oxygen atoms in total. The molecule has 0 saturated heterocycles. The molecule has 1 heterocycles. The molecule has 0 aliphatic rings. The van der Waals surface area contributed by atoms with E-state index in [1.807, 2.05) is 0 Å². The molecule has 1 aromatic heterocycles. The van der Waals surface area contributed by atoms with Crippen LogP contribution in [-0.2, 0) is 12.6 Å². The van der Waals surface area contributed by atoms with E-state index in [9.17, 15) is 13.2 Å². The lowest BCUT2D eigenvalue weighted by atomic mass is 10.1. The lowest BCUT2D eigenvalue weighted by molar-refractivity contribution is -0.141. The second-order valence-electron chi connectivity index (χ2n) is 3.95. The molecule has 2 N–H and O–H groups in total. The second kappa shape index (κ2) is 4.07. The first kappa shape index (κ1) is 12.0. The van der Waals surface area contributed by atoms with E-state index in [1.54, 1.807) is 25.1 Å². The monoisotopic (exact) mass is 243 g/mol. The van der Waals surface area contributed by atoms with E-state index in [4.69, 9.17) is 5.11 Å².